The van der Waals surface area contributed by atoms with Crippen molar-refractivity contribution in [2.45, 2.75) is 39.2 Å². The lowest BCUT2D eigenvalue weighted by atomic mass is 10.2. The fourth-order valence-corrected chi connectivity index (χ4v) is 0.896. The topological polar surface area (TPSA) is 64.6 Å². The Kier molecular flexibility index (Phi) is 6.72. The van der Waals surface area contributed by atoms with E-state index in [0.29, 0.717) is 19.4 Å². The second kappa shape index (κ2) is 7.22. The van der Waals surface area contributed by atoms with Crippen molar-refractivity contribution in [3.05, 3.63) is 0 Å². The first-order chi connectivity index (χ1) is 7.35. The summed E-state index contributed by atoms with van der Waals surface area (Å²) < 4.78 is 9.76. The van der Waals surface area contributed by atoms with Crippen molar-refractivity contribution < 1.29 is 19.1 Å². The van der Waals surface area contributed by atoms with Crippen LogP contribution in [0.1, 0.15) is 33.6 Å². The van der Waals surface area contributed by atoms with E-state index in [9.17, 15) is 9.59 Å². The molecule has 0 aliphatic rings. The van der Waals surface area contributed by atoms with E-state index >= 15 is 0 Å². The first-order valence-electron chi connectivity index (χ1n) is 5.32. The predicted octanol–water partition coefficient (Wildman–Crippen LogP) is 0.871. The van der Waals surface area contributed by atoms with E-state index in [1.54, 1.807) is 0 Å². The summed E-state index contributed by atoms with van der Waals surface area (Å²) in [7, 11) is 1.35. The van der Waals surface area contributed by atoms with Crippen LogP contribution < -0.4 is 5.32 Å². The maximum Gasteiger partial charge on any atom is 0.305 e. The lowest BCUT2D eigenvalue weighted by molar-refractivity contribution is -0.141. The summed E-state index contributed by atoms with van der Waals surface area (Å²) in [5, 5.41) is 2.66. The first kappa shape index (κ1) is 14.9. The van der Waals surface area contributed by atoms with E-state index < -0.39 is 0 Å². The van der Waals surface area contributed by atoms with Gasteiger partial charge in [-0.25, -0.2) is 0 Å². The molecule has 0 saturated heterocycles. The molecule has 0 heterocycles. The summed E-state index contributed by atoms with van der Waals surface area (Å²) >= 11 is 0. The van der Waals surface area contributed by atoms with Gasteiger partial charge in [-0.1, -0.05) is 0 Å². The first-order valence-corrected chi connectivity index (χ1v) is 5.32. The summed E-state index contributed by atoms with van der Waals surface area (Å²) in [6.45, 7) is 6.16. The molecule has 0 aromatic heterocycles. The van der Waals surface area contributed by atoms with Gasteiger partial charge in [0, 0.05) is 13.0 Å². The van der Waals surface area contributed by atoms with Crippen molar-refractivity contribution in [2.75, 3.05) is 20.3 Å². The molecule has 0 spiro atoms. The van der Waals surface area contributed by atoms with Crippen LogP contribution in [0.25, 0.3) is 0 Å². The standard InChI is InChI=1S/C11H21NO4/c1-11(2,3)16-8-9(13)12-7-5-6-10(14)15-4/h5-8H2,1-4H3,(H,12,13). The minimum absolute atomic E-state index is 0.0434. The van der Waals surface area contributed by atoms with Crippen LogP contribution in [-0.4, -0.2) is 37.7 Å². The number of esters is 1. The number of hydrogen-bond acceptors (Lipinski definition) is 4. The van der Waals surface area contributed by atoms with Crippen LogP contribution in [0.5, 0.6) is 0 Å². The Morgan fingerprint density at radius 3 is 2.38 bits per heavy atom. The van der Waals surface area contributed by atoms with Crippen molar-refractivity contribution >= 4 is 11.9 Å². The summed E-state index contributed by atoms with van der Waals surface area (Å²) in [6.07, 6.45) is 0.894. The molecule has 0 aliphatic heterocycles. The van der Waals surface area contributed by atoms with Gasteiger partial charge in [0.1, 0.15) is 6.61 Å². The van der Waals surface area contributed by atoms with Gasteiger partial charge in [0.2, 0.25) is 5.91 Å². The highest BCUT2D eigenvalue weighted by Gasteiger charge is 2.12. The van der Waals surface area contributed by atoms with E-state index in [1.807, 2.05) is 20.8 Å². The van der Waals surface area contributed by atoms with Gasteiger partial charge in [-0.15, -0.1) is 0 Å². The van der Waals surface area contributed by atoms with Gasteiger partial charge in [-0.05, 0) is 27.2 Å². The third kappa shape index (κ3) is 9.45. The normalized spacial score (nSPS) is 11.0. The minimum atomic E-state index is -0.316. The summed E-state index contributed by atoms with van der Waals surface area (Å²) in [5.41, 5.74) is -0.316. The third-order valence-electron chi connectivity index (χ3n) is 1.74. The molecule has 0 radical (unpaired) electrons. The third-order valence-corrected chi connectivity index (χ3v) is 1.74. The number of hydrogen-bond donors (Lipinski definition) is 1. The molecule has 0 aromatic rings. The Morgan fingerprint density at radius 1 is 1.25 bits per heavy atom. The molecule has 0 aliphatic carbocycles. The van der Waals surface area contributed by atoms with Gasteiger partial charge < -0.3 is 14.8 Å². The van der Waals surface area contributed by atoms with Crippen LogP contribution in [-0.2, 0) is 19.1 Å². The van der Waals surface area contributed by atoms with Crippen LogP contribution in [0.3, 0.4) is 0 Å². The van der Waals surface area contributed by atoms with Gasteiger partial charge >= 0.3 is 5.97 Å². The van der Waals surface area contributed by atoms with E-state index in [-0.39, 0.29) is 24.1 Å². The molecule has 94 valence electrons. The highest BCUT2D eigenvalue weighted by atomic mass is 16.5. The maximum absolute atomic E-state index is 11.3. The fraction of sp³-hybridized carbons (Fsp3) is 0.818. The van der Waals surface area contributed by atoms with Crippen LogP contribution in [0, 0.1) is 0 Å². The highest BCUT2D eigenvalue weighted by molar-refractivity contribution is 5.77. The van der Waals surface area contributed by atoms with Crippen LogP contribution >= 0.6 is 0 Å². The largest absolute Gasteiger partial charge is 0.469 e. The smallest absolute Gasteiger partial charge is 0.305 e. The molecule has 0 fully saturated rings. The molecule has 1 N–H and O–H groups in total. The van der Waals surface area contributed by atoms with Gasteiger partial charge in [-0.3, -0.25) is 9.59 Å². The number of amides is 1. The fourth-order valence-electron chi connectivity index (χ4n) is 0.896. The van der Waals surface area contributed by atoms with Crippen LogP contribution in [0.2, 0.25) is 0 Å². The Balaban J connectivity index is 3.48. The predicted molar refractivity (Wildman–Crippen MR) is 60.0 cm³/mol. The van der Waals surface area contributed by atoms with Crippen molar-refractivity contribution in [3.8, 4) is 0 Å². The zero-order valence-corrected chi connectivity index (χ0v) is 10.5. The zero-order chi connectivity index (χ0) is 12.6. The van der Waals surface area contributed by atoms with E-state index in [0.717, 1.165) is 0 Å². The van der Waals surface area contributed by atoms with Gasteiger partial charge in [-0.2, -0.15) is 0 Å². The molecule has 0 rings (SSSR count). The molecule has 0 saturated carbocycles. The van der Waals surface area contributed by atoms with Gasteiger partial charge in [0.05, 0.1) is 12.7 Å². The minimum Gasteiger partial charge on any atom is -0.469 e. The van der Waals surface area contributed by atoms with Crippen molar-refractivity contribution in [3.63, 3.8) is 0 Å². The highest BCUT2D eigenvalue weighted by Crippen LogP contribution is 2.05. The Labute approximate surface area is 96.5 Å². The zero-order valence-electron chi connectivity index (χ0n) is 10.5. The quantitative estimate of drug-likeness (QED) is 0.544. The number of ether oxygens (including phenoxy) is 2. The number of nitrogens with one attached hydrogen (secondary N) is 1. The molecular formula is C11H21NO4. The van der Waals surface area contributed by atoms with Gasteiger partial charge in [0.15, 0.2) is 0 Å². The SMILES string of the molecule is COC(=O)CCCNC(=O)COC(C)(C)C. The van der Waals surface area contributed by atoms with Crippen LogP contribution in [0.4, 0.5) is 0 Å². The molecular weight excluding hydrogens is 210 g/mol. The molecule has 1 amide bonds. The van der Waals surface area contributed by atoms with Crippen LogP contribution in [0.15, 0.2) is 0 Å². The molecule has 0 unspecified atom stereocenters. The monoisotopic (exact) mass is 231 g/mol. The Bertz CT molecular complexity index is 233. The summed E-state index contributed by atoms with van der Waals surface area (Å²) in [5.74, 6) is -0.431. The summed E-state index contributed by atoms with van der Waals surface area (Å²) in [4.78, 5) is 22.0. The molecule has 16 heavy (non-hydrogen) atoms. The molecule has 0 bridgehead atoms. The van der Waals surface area contributed by atoms with E-state index in [4.69, 9.17) is 4.74 Å². The number of rotatable bonds is 6. The number of carbonyl (C=O) groups is 2. The molecule has 0 aromatic carbocycles. The van der Waals surface area contributed by atoms with Crippen molar-refractivity contribution in [1.29, 1.82) is 0 Å². The van der Waals surface area contributed by atoms with E-state index in [1.165, 1.54) is 7.11 Å². The average Bonchev–Trinajstić information content (AvgIpc) is 2.20. The number of carbonyl (C=O) groups excluding carboxylic acids is 2. The Hall–Kier alpha value is -1.10. The van der Waals surface area contributed by atoms with Crippen molar-refractivity contribution in [1.82, 2.24) is 5.32 Å². The second-order valence-electron chi connectivity index (χ2n) is 4.43. The number of methoxy groups -OCH3 is 1. The maximum atomic E-state index is 11.3. The average molecular weight is 231 g/mol. The molecule has 0 atom stereocenters. The Morgan fingerprint density at radius 2 is 1.88 bits per heavy atom. The lowest BCUT2D eigenvalue weighted by Crippen LogP contribution is -2.32. The summed E-state index contributed by atoms with van der Waals surface area (Å²) in [6, 6.07) is 0. The van der Waals surface area contributed by atoms with Crippen molar-refractivity contribution in [2.24, 2.45) is 0 Å². The van der Waals surface area contributed by atoms with Gasteiger partial charge in [0.25, 0.3) is 0 Å². The lowest BCUT2D eigenvalue weighted by Gasteiger charge is -2.18. The van der Waals surface area contributed by atoms with E-state index in [2.05, 4.69) is 10.1 Å². The molecule has 5 heteroatoms. The second-order valence-corrected chi connectivity index (χ2v) is 4.43. The molecule has 5 nitrogen and oxygen atoms in total.